The molecule has 2 atom stereocenters. The Morgan fingerprint density at radius 3 is 2.61 bits per heavy atom. The molecule has 1 aliphatic rings. The molecular formula is C13H21N3OS. The smallest absolute Gasteiger partial charge is 0.240 e. The predicted molar refractivity (Wildman–Crippen MR) is 73.2 cm³/mol. The molecule has 18 heavy (non-hydrogen) atoms. The van der Waals surface area contributed by atoms with Crippen molar-refractivity contribution in [3.05, 3.63) is 16.6 Å². The van der Waals surface area contributed by atoms with Gasteiger partial charge in [-0.1, -0.05) is 13.8 Å². The highest BCUT2D eigenvalue weighted by molar-refractivity contribution is 7.09. The van der Waals surface area contributed by atoms with E-state index in [4.69, 9.17) is 5.73 Å². The molecule has 1 heterocycles. The fourth-order valence-corrected chi connectivity index (χ4v) is 2.75. The fourth-order valence-electron chi connectivity index (χ4n) is 2.06. The van der Waals surface area contributed by atoms with Gasteiger partial charge in [0.15, 0.2) is 0 Å². The SMILES string of the molecule is CC(C)C(N)C(=O)N(C1CC1)[C@@H](C)c1nccs1. The number of hydrogen-bond acceptors (Lipinski definition) is 4. The van der Waals surface area contributed by atoms with Crippen LogP contribution in [-0.2, 0) is 4.79 Å². The van der Waals surface area contributed by atoms with Gasteiger partial charge in [-0.3, -0.25) is 4.79 Å². The molecule has 0 aliphatic heterocycles. The molecule has 1 amide bonds. The minimum atomic E-state index is -0.409. The van der Waals surface area contributed by atoms with E-state index in [0.717, 1.165) is 17.8 Å². The first kappa shape index (κ1) is 13.5. The third-order valence-corrected chi connectivity index (χ3v) is 4.37. The van der Waals surface area contributed by atoms with Crippen LogP contribution >= 0.6 is 11.3 Å². The highest BCUT2D eigenvalue weighted by Gasteiger charge is 2.39. The highest BCUT2D eigenvalue weighted by Crippen LogP contribution is 2.35. The van der Waals surface area contributed by atoms with Crippen LogP contribution in [0.1, 0.15) is 44.7 Å². The zero-order valence-electron chi connectivity index (χ0n) is 11.2. The highest BCUT2D eigenvalue weighted by atomic mass is 32.1. The maximum absolute atomic E-state index is 12.5. The van der Waals surface area contributed by atoms with Gasteiger partial charge in [0.2, 0.25) is 5.91 Å². The third-order valence-electron chi connectivity index (χ3n) is 3.42. The Morgan fingerprint density at radius 1 is 1.50 bits per heavy atom. The first-order valence-corrected chi connectivity index (χ1v) is 7.37. The molecule has 0 aromatic carbocycles. The number of nitrogens with two attached hydrogens (primary N) is 1. The quantitative estimate of drug-likeness (QED) is 0.889. The lowest BCUT2D eigenvalue weighted by Crippen LogP contribution is -2.48. The number of nitrogens with zero attached hydrogens (tertiary/aromatic N) is 2. The van der Waals surface area contributed by atoms with Crippen molar-refractivity contribution >= 4 is 17.2 Å². The topological polar surface area (TPSA) is 59.2 Å². The zero-order chi connectivity index (χ0) is 13.3. The van der Waals surface area contributed by atoms with Gasteiger partial charge in [0.25, 0.3) is 0 Å². The molecule has 0 radical (unpaired) electrons. The summed E-state index contributed by atoms with van der Waals surface area (Å²) >= 11 is 1.60. The maximum atomic E-state index is 12.5. The lowest BCUT2D eigenvalue weighted by Gasteiger charge is -2.31. The van der Waals surface area contributed by atoms with Crippen LogP contribution in [0.3, 0.4) is 0 Å². The minimum Gasteiger partial charge on any atom is -0.329 e. The van der Waals surface area contributed by atoms with E-state index in [2.05, 4.69) is 4.98 Å². The molecule has 4 nitrogen and oxygen atoms in total. The van der Waals surface area contributed by atoms with Crippen molar-refractivity contribution in [1.82, 2.24) is 9.88 Å². The fraction of sp³-hybridized carbons (Fsp3) is 0.692. The molecule has 0 bridgehead atoms. The molecule has 1 fully saturated rings. The molecule has 0 saturated heterocycles. The van der Waals surface area contributed by atoms with E-state index in [9.17, 15) is 4.79 Å². The number of aromatic nitrogens is 1. The Morgan fingerprint density at radius 2 is 2.17 bits per heavy atom. The van der Waals surface area contributed by atoms with E-state index in [1.807, 2.05) is 31.1 Å². The lowest BCUT2D eigenvalue weighted by molar-refractivity contribution is -0.136. The van der Waals surface area contributed by atoms with Crippen LogP contribution in [0.2, 0.25) is 0 Å². The van der Waals surface area contributed by atoms with Gasteiger partial charge < -0.3 is 10.6 Å². The lowest BCUT2D eigenvalue weighted by atomic mass is 10.0. The van der Waals surface area contributed by atoms with E-state index in [0.29, 0.717) is 6.04 Å². The van der Waals surface area contributed by atoms with Crippen molar-refractivity contribution < 1.29 is 4.79 Å². The summed E-state index contributed by atoms with van der Waals surface area (Å²) in [7, 11) is 0. The monoisotopic (exact) mass is 267 g/mol. The van der Waals surface area contributed by atoms with Crippen LogP contribution in [-0.4, -0.2) is 27.9 Å². The molecule has 1 saturated carbocycles. The molecule has 1 aliphatic carbocycles. The van der Waals surface area contributed by atoms with Crippen molar-refractivity contribution in [3.63, 3.8) is 0 Å². The average Bonchev–Trinajstić information content (AvgIpc) is 3.01. The summed E-state index contributed by atoms with van der Waals surface area (Å²) in [5.41, 5.74) is 6.01. The molecule has 5 heteroatoms. The Balaban J connectivity index is 2.16. The van der Waals surface area contributed by atoms with Gasteiger partial charge in [-0.05, 0) is 25.7 Å². The molecule has 2 N–H and O–H groups in total. The molecule has 2 rings (SSSR count). The van der Waals surface area contributed by atoms with Gasteiger partial charge in [0.1, 0.15) is 5.01 Å². The largest absolute Gasteiger partial charge is 0.329 e. The predicted octanol–water partition coefficient (Wildman–Crippen LogP) is 2.18. The average molecular weight is 267 g/mol. The summed E-state index contributed by atoms with van der Waals surface area (Å²) in [6.07, 6.45) is 3.97. The second-order valence-electron chi connectivity index (χ2n) is 5.29. The first-order chi connectivity index (χ1) is 8.52. The van der Waals surface area contributed by atoms with Gasteiger partial charge in [-0.25, -0.2) is 4.98 Å². The first-order valence-electron chi connectivity index (χ1n) is 6.49. The molecule has 1 aromatic rings. The number of rotatable bonds is 5. The number of carbonyl (C=O) groups excluding carboxylic acids is 1. The summed E-state index contributed by atoms with van der Waals surface area (Å²) in [6.45, 7) is 6.02. The molecule has 0 spiro atoms. The molecule has 100 valence electrons. The van der Waals surface area contributed by atoms with Gasteiger partial charge in [-0.15, -0.1) is 11.3 Å². The van der Waals surface area contributed by atoms with Crippen LogP contribution in [0, 0.1) is 5.92 Å². The summed E-state index contributed by atoms with van der Waals surface area (Å²) in [5, 5.41) is 2.94. The number of amides is 1. The Hall–Kier alpha value is -0.940. The van der Waals surface area contributed by atoms with Crippen molar-refractivity contribution in [2.45, 2.75) is 51.7 Å². The maximum Gasteiger partial charge on any atom is 0.240 e. The number of carbonyl (C=O) groups is 1. The van der Waals surface area contributed by atoms with Crippen LogP contribution in [0.4, 0.5) is 0 Å². The van der Waals surface area contributed by atoms with Gasteiger partial charge in [0.05, 0.1) is 12.1 Å². The van der Waals surface area contributed by atoms with Crippen molar-refractivity contribution in [2.75, 3.05) is 0 Å². The standard InChI is InChI=1S/C13H21N3OS/c1-8(2)11(14)13(17)16(10-4-5-10)9(3)12-15-6-7-18-12/h6-11H,4-5,14H2,1-3H3/t9-,11?/m0/s1. The molecule has 1 aromatic heterocycles. The van der Waals surface area contributed by atoms with Crippen LogP contribution in [0.5, 0.6) is 0 Å². The number of hydrogen-bond donors (Lipinski definition) is 1. The van der Waals surface area contributed by atoms with E-state index in [-0.39, 0.29) is 17.9 Å². The van der Waals surface area contributed by atoms with E-state index in [1.165, 1.54) is 0 Å². The normalized spacial score (nSPS) is 18.7. The zero-order valence-corrected chi connectivity index (χ0v) is 12.0. The second kappa shape index (κ2) is 5.36. The van der Waals surface area contributed by atoms with E-state index >= 15 is 0 Å². The van der Waals surface area contributed by atoms with Gasteiger partial charge >= 0.3 is 0 Å². The van der Waals surface area contributed by atoms with Gasteiger partial charge in [-0.2, -0.15) is 0 Å². The Kier molecular flexibility index (Phi) is 4.02. The second-order valence-corrected chi connectivity index (χ2v) is 6.22. The Labute approximate surface area is 112 Å². The summed E-state index contributed by atoms with van der Waals surface area (Å²) in [6, 6.07) is -0.0102. The van der Waals surface area contributed by atoms with Crippen LogP contribution < -0.4 is 5.73 Å². The van der Waals surface area contributed by atoms with Crippen molar-refractivity contribution in [2.24, 2.45) is 11.7 Å². The molecular weight excluding hydrogens is 246 g/mol. The van der Waals surface area contributed by atoms with Crippen LogP contribution in [0.25, 0.3) is 0 Å². The van der Waals surface area contributed by atoms with Crippen molar-refractivity contribution in [3.8, 4) is 0 Å². The minimum absolute atomic E-state index is 0.0369. The van der Waals surface area contributed by atoms with E-state index < -0.39 is 6.04 Å². The van der Waals surface area contributed by atoms with Crippen LogP contribution in [0.15, 0.2) is 11.6 Å². The third kappa shape index (κ3) is 2.72. The summed E-state index contributed by atoms with van der Waals surface area (Å²) in [4.78, 5) is 18.7. The molecule has 1 unspecified atom stereocenters. The van der Waals surface area contributed by atoms with E-state index in [1.54, 1.807) is 17.5 Å². The summed E-state index contributed by atoms with van der Waals surface area (Å²) in [5.74, 6) is 0.234. The van der Waals surface area contributed by atoms with Gasteiger partial charge in [0, 0.05) is 17.6 Å². The van der Waals surface area contributed by atoms with Crippen molar-refractivity contribution in [1.29, 1.82) is 0 Å². The summed E-state index contributed by atoms with van der Waals surface area (Å²) < 4.78 is 0. The number of thiazole rings is 1. The Bertz CT molecular complexity index is 400.